The lowest BCUT2D eigenvalue weighted by Crippen LogP contribution is -2.40. The van der Waals surface area contributed by atoms with Gasteiger partial charge >= 0.3 is 0 Å². The van der Waals surface area contributed by atoms with Crippen molar-refractivity contribution in [2.75, 3.05) is 13.7 Å². The first-order chi connectivity index (χ1) is 7.13. The molecular formula is C12H23NO2. The minimum absolute atomic E-state index is 0.0203. The molecule has 3 heteroatoms. The van der Waals surface area contributed by atoms with Gasteiger partial charge in [0.25, 0.3) is 0 Å². The summed E-state index contributed by atoms with van der Waals surface area (Å²) in [6.07, 6.45) is 4.81. The van der Waals surface area contributed by atoms with Gasteiger partial charge in [-0.25, -0.2) is 0 Å². The Morgan fingerprint density at radius 2 is 2.20 bits per heavy atom. The van der Waals surface area contributed by atoms with Crippen LogP contribution < -0.4 is 5.32 Å². The van der Waals surface area contributed by atoms with Gasteiger partial charge in [0.2, 0.25) is 5.91 Å². The Labute approximate surface area is 92.6 Å². The SMILES string of the molecule is COCC(=O)N[C@@H]1CCC[C@@H](C(C)C)C1. The highest BCUT2D eigenvalue weighted by Gasteiger charge is 2.24. The van der Waals surface area contributed by atoms with Crippen LogP contribution in [-0.4, -0.2) is 25.7 Å². The molecule has 1 amide bonds. The molecule has 1 rings (SSSR count). The van der Waals surface area contributed by atoms with E-state index in [-0.39, 0.29) is 12.5 Å². The van der Waals surface area contributed by atoms with Gasteiger partial charge in [-0.15, -0.1) is 0 Å². The topological polar surface area (TPSA) is 38.3 Å². The van der Waals surface area contributed by atoms with E-state index in [1.165, 1.54) is 12.8 Å². The molecule has 0 spiro atoms. The molecule has 88 valence electrons. The van der Waals surface area contributed by atoms with E-state index in [1.54, 1.807) is 7.11 Å². The number of methoxy groups -OCH3 is 1. The summed E-state index contributed by atoms with van der Waals surface area (Å²) in [6, 6.07) is 0.369. The number of amides is 1. The third-order valence-electron chi connectivity index (χ3n) is 3.30. The summed E-state index contributed by atoms with van der Waals surface area (Å²) < 4.78 is 4.81. The maximum absolute atomic E-state index is 11.4. The zero-order valence-corrected chi connectivity index (χ0v) is 10.1. The van der Waals surface area contributed by atoms with Crippen LogP contribution in [0.1, 0.15) is 39.5 Å². The molecule has 0 bridgehead atoms. The van der Waals surface area contributed by atoms with E-state index in [2.05, 4.69) is 19.2 Å². The first kappa shape index (κ1) is 12.5. The van der Waals surface area contributed by atoms with Crippen molar-refractivity contribution in [2.24, 2.45) is 11.8 Å². The molecule has 0 aromatic rings. The molecule has 2 atom stereocenters. The van der Waals surface area contributed by atoms with Crippen molar-refractivity contribution >= 4 is 5.91 Å². The summed E-state index contributed by atoms with van der Waals surface area (Å²) in [5, 5.41) is 3.04. The molecule has 0 unspecified atom stereocenters. The molecule has 0 heterocycles. The Balaban J connectivity index is 2.33. The third kappa shape index (κ3) is 4.20. The lowest BCUT2D eigenvalue weighted by molar-refractivity contribution is -0.125. The Kier molecular flexibility index (Phi) is 5.09. The molecule has 1 saturated carbocycles. The summed E-state index contributed by atoms with van der Waals surface area (Å²) in [6.45, 7) is 4.72. The fourth-order valence-electron chi connectivity index (χ4n) is 2.36. The van der Waals surface area contributed by atoms with Crippen LogP contribution in [0.4, 0.5) is 0 Å². The minimum Gasteiger partial charge on any atom is -0.375 e. The average Bonchev–Trinajstić information content (AvgIpc) is 2.18. The van der Waals surface area contributed by atoms with Crippen molar-refractivity contribution < 1.29 is 9.53 Å². The lowest BCUT2D eigenvalue weighted by atomic mass is 9.79. The number of carbonyl (C=O) groups excluding carboxylic acids is 1. The fraction of sp³-hybridized carbons (Fsp3) is 0.917. The first-order valence-electron chi connectivity index (χ1n) is 5.91. The Morgan fingerprint density at radius 3 is 2.80 bits per heavy atom. The Bertz CT molecular complexity index is 204. The van der Waals surface area contributed by atoms with Crippen LogP contribution in [-0.2, 0) is 9.53 Å². The predicted octanol–water partition coefficient (Wildman–Crippen LogP) is 1.96. The standard InChI is InChI=1S/C12H23NO2/c1-9(2)10-5-4-6-11(7-10)13-12(14)8-15-3/h9-11H,4-8H2,1-3H3,(H,13,14)/t10-,11-/m1/s1. The highest BCUT2D eigenvalue weighted by Crippen LogP contribution is 2.29. The molecule has 0 aromatic carbocycles. The van der Waals surface area contributed by atoms with E-state index in [0.717, 1.165) is 24.7 Å². The monoisotopic (exact) mass is 213 g/mol. The molecule has 0 aliphatic heterocycles. The number of nitrogens with one attached hydrogen (secondary N) is 1. The van der Waals surface area contributed by atoms with Gasteiger partial charge in [-0.05, 0) is 24.7 Å². The maximum atomic E-state index is 11.4. The normalized spacial score (nSPS) is 26.7. The molecular weight excluding hydrogens is 190 g/mol. The van der Waals surface area contributed by atoms with E-state index in [4.69, 9.17) is 4.74 Å². The van der Waals surface area contributed by atoms with E-state index in [1.807, 2.05) is 0 Å². The number of carbonyl (C=O) groups is 1. The van der Waals surface area contributed by atoms with Crippen LogP contribution in [0, 0.1) is 11.8 Å². The fourth-order valence-corrected chi connectivity index (χ4v) is 2.36. The molecule has 3 nitrogen and oxygen atoms in total. The molecule has 0 saturated heterocycles. The lowest BCUT2D eigenvalue weighted by Gasteiger charge is -2.32. The smallest absolute Gasteiger partial charge is 0.246 e. The van der Waals surface area contributed by atoms with Gasteiger partial charge in [-0.2, -0.15) is 0 Å². The summed E-state index contributed by atoms with van der Waals surface area (Å²) in [7, 11) is 1.55. The second-order valence-electron chi connectivity index (χ2n) is 4.87. The van der Waals surface area contributed by atoms with E-state index in [0.29, 0.717) is 6.04 Å². The average molecular weight is 213 g/mol. The van der Waals surface area contributed by atoms with Gasteiger partial charge in [0.05, 0.1) is 0 Å². The van der Waals surface area contributed by atoms with Crippen LogP contribution in [0.25, 0.3) is 0 Å². The molecule has 15 heavy (non-hydrogen) atoms. The molecule has 0 aromatic heterocycles. The minimum atomic E-state index is 0.0203. The number of rotatable bonds is 4. The third-order valence-corrected chi connectivity index (χ3v) is 3.30. The van der Waals surface area contributed by atoms with Gasteiger partial charge in [-0.3, -0.25) is 4.79 Å². The largest absolute Gasteiger partial charge is 0.375 e. The quantitative estimate of drug-likeness (QED) is 0.775. The van der Waals surface area contributed by atoms with Crippen molar-refractivity contribution in [3.63, 3.8) is 0 Å². The molecule has 0 radical (unpaired) electrons. The first-order valence-corrected chi connectivity index (χ1v) is 5.91. The van der Waals surface area contributed by atoms with Gasteiger partial charge < -0.3 is 10.1 Å². The predicted molar refractivity (Wildman–Crippen MR) is 60.6 cm³/mol. The summed E-state index contributed by atoms with van der Waals surface area (Å²) in [4.78, 5) is 11.4. The Morgan fingerprint density at radius 1 is 1.47 bits per heavy atom. The molecule has 1 fully saturated rings. The number of ether oxygens (including phenoxy) is 1. The van der Waals surface area contributed by atoms with E-state index >= 15 is 0 Å². The Hall–Kier alpha value is -0.570. The molecule has 1 aliphatic carbocycles. The highest BCUT2D eigenvalue weighted by molar-refractivity contribution is 5.77. The van der Waals surface area contributed by atoms with Crippen molar-refractivity contribution in [1.29, 1.82) is 0 Å². The van der Waals surface area contributed by atoms with Gasteiger partial charge in [-0.1, -0.05) is 26.7 Å². The van der Waals surface area contributed by atoms with Crippen molar-refractivity contribution in [3.05, 3.63) is 0 Å². The second-order valence-corrected chi connectivity index (χ2v) is 4.87. The van der Waals surface area contributed by atoms with Crippen molar-refractivity contribution in [2.45, 2.75) is 45.6 Å². The molecule has 1 N–H and O–H groups in total. The zero-order valence-electron chi connectivity index (χ0n) is 10.1. The summed E-state index contributed by atoms with van der Waals surface area (Å²) in [5.74, 6) is 1.52. The number of hydrogen-bond donors (Lipinski definition) is 1. The summed E-state index contributed by atoms with van der Waals surface area (Å²) >= 11 is 0. The summed E-state index contributed by atoms with van der Waals surface area (Å²) in [5.41, 5.74) is 0. The highest BCUT2D eigenvalue weighted by atomic mass is 16.5. The number of hydrogen-bond acceptors (Lipinski definition) is 2. The van der Waals surface area contributed by atoms with Crippen LogP contribution >= 0.6 is 0 Å². The van der Waals surface area contributed by atoms with Crippen LogP contribution in [0.3, 0.4) is 0 Å². The van der Waals surface area contributed by atoms with Crippen LogP contribution in [0.5, 0.6) is 0 Å². The maximum Gasteiger partial charge on any atom is 0.246 e. The second kappa shape index (κ2) is 6.11. The van der Waals surface area contributed by atoms with Crippen molar-refractivity contribution in [3.8, 4) is 0 Å². The van der Waals surface area contributed by atoms with E-state index < -0.39 is 0 Å². The molecule has 1 aliphatic rings. The van der Waals surface area contributed by atoms with Crippen molar-refractivity contribution in [1.82, 2.24) is 5.32 Å². The van der Waals surface area contributed by atoms with Gasteiger partial charge in [0.15, 0.2) is 0 Å². The van der Waals surface area contributed by atoms with Crippen LogP contribution in [0.2, 0.25) is 0 Å². The van der Waals surface area contributed by atoms with Crippen LogP contribution in [0.15, 0.2) is 0 Å². The van der Waals surface area contributed by atoms with Gasteiger partial charge in [0.1, 0.15) is 6.61 Å². The zero-order chi connectivity index (χ0) is 11.3. The van der Waals surface area contributed by atoms with E-state index in [9.17, 15) is 4.79 Å². The van der Waals surface area contributed by atoms with Gasteiger partial charge in [0, 0.05) is 13.2 Å².